The standard InChI is InChI=1S/C21H23ClN2O5S2/c1-15-3-6-17(7-4-15)31(27,28)24-11-9-23(10-12-24)20(25)14-29-21(26)18-13-16(30-2)5-8-19(18)22/h3-8,13H,9-12,14H2,1-2H3. The van der Waals surface area contributed by atoms with E-state index in [-0.39, 0.29) is 47.6 Å². The van der Waals surface area contributed by atoms with Gasteiger partial charge < -0.3 is 9.64 Å². The second-order valence-electron chi connectivity index (χ2n) is 7.02. The summed E-state index contributed by atoms with van der Waals surface area (Å²) in [5.41, 5.74) is 1.18. The van der Waals surface area contributed by atoms with Gasteiger partial charge in [0, 0.05) is 31.1 Å². The van der Waals surface area contributed by atoms with Gasteiger partial charge in [0.15, 0.2) is 6.61 Å². The van der Waals surface area contributed by atoms with Crippen LogP contribution in [0.5, 0.6) is 0 Å². The number of halogens is 1. The van der Waals surface area contributed by atoms with Crippen molar-refractivity contribution in [2.75, 3.05) is 39.0 Å². The zero-order valence-electron chi connectivity index (χ0n) is 17.2. The average molecular weight is 483 g/mol. The molecule has 1 fully saturated rings. The van der Waals surface area contributed by atoms with Crippen LogP contribution < -0.4 is 0 Å². The van der Waals surface area contributed by atoms with Gasteiger partial charge in [0.1, 0.15) is 0 Å². The molecule has 7 nitrogen and oxygen atoms in total. The topological polar surface area (TPSA) is 84.0 Å². The van der Waals surface area contributed by atoms with Crippen LogP contribution in [-0.4, -0.2) is 68.5 Å². The van der Waals surface area contributed by atoms with Crippen molar-refractivity contribution in [1.29, 1.82) is 0 Å². The maximum Gasteiger partial charge on any atom is 0.340 e. The molecule has 3 rings (SSSR count). The first kappa shape index (κ1) is 23.6. The summed E-state index contributed by atoms with van der Waals surface area (Å²) in [6.07, 6.45) is 1.88. The number of aryl methyl sites for hydroxylation is 1. The van der Waals surface area contributed by atoms with Gasteiger partial charge >= 0.3 is 5.97 Å². The van der Waals surface area contributed by atoms with Crippen molar-refractivity contribution in [2.45, 2.75) is 16.7 Å². The predicted octanol–water partition coefficient (Wildman–Crippen LogP) is 3.06. The Hall–Kier alpha value is -2.07. The number of benzene rings is 2. The number of ether oxygens (including phenoxy) is 1. The lowest BCUT2D eigenvalue weighted by Crippen LogP contribution is -2.51. The second kappa shape index (κ2) is 10.0. The molecular weight excluding hydrogens is 460 g/mol. The van der Waals surface area contributed by atoms with E-state index in [1.165, 1.54) is 21.0 Å². The van der Waals surface area contributed by atoms with E-state index >= 15 is 0 Å². The molecule has 1 amide bonds. The number of rotatable bonds is 6. The number of hydrogen-bond donors (Lipinski definition) is 0. The van der Waals surface area contributed by atoms with Gasteiger partial charge in [-0.3, -0.25) is 4.79 Å². The minimum atomic E-state index is -3.61. The summed E-state index contributed by atoms with van der Waals surface area (Å²) in [6, 6.07) is 11.7. The van der Waals surface area contributed by atoms with Crippen molar-refractivity contribution in [3.63, 3.8) is 0 Å². The summed E-state index contributed by atoms with van der Waals surface area (Å²) in [5.74, 6) is -1.05. The Balaban J connectivity index is 1.54. The van der Waals surface area contributed by atoms with E-state index in [1.807, 2.05) is 13.2 Å². The number of carbonyl (C=O) groups excluding carboxylic acids is 2. The number of amides is 1. The smallest absolute Gasteiger partial charge is 0.340 e. The molecule has 2 aromatic carbocycles. The molecule has 31 heavy (non-hydrogen) atoms. The molecule has 0 spiro atoms. The minimum absolute atomic E-state index is 0.178. The third kappa shape index (κ3) is 5.60. The first-order chi connectivity index (χ1) is 14.7. The molecule has 0 unspecified atom stereocenters. The molecule has 0 N–H and O–H groups in total. The number of sulfonamides is 1. The van der Waals surface area contributed by atoms with E-state index in [0.29, 0.717) is 0 Å². The van der Waals surface area contributed by atoms with Gasteiger partial charge in [0.05, 0.1) is 15.5 Å². The number of nitrogens with zero attached hydrogens (tertiary/aromatic N) is 2. The highest BCUT2D eigenvalue weighted by molar-refractivity contribution is 7.98. The highest BCUT2D eigenvalue weighted by atomic mass is 35.5. The van der Waals surface area contributed by atoms with Crippen LogP contribution in [0.15, 0.2) is 52.3 Å². The van der Waals surface area contributed by atoms with Crippen LogP contribution >= 0.6 is 23.4 Å². The zero-order valence-corrected chi connectivity index (χ0v) is 19.6. The molecule has 1 aliphatic heterocycles. The Bertz CT molecular complexity index is 1070. The van der Waals surface area contributed by atoms with E-state index in [4.69, 9.17) is 16.3 Å². The van der Waals surface area contributed by atoms with Crippen molar-refractivity contribution in [1.82, 2.24) is 9.21 Å². The lowest BCUT2D eigenvalue weighted by atomic mass is 10.2. The maximum absolute atomic E-state index is 12.8. The quantitative estimate of drug-likeness (QED) is 0.464. The Morgan fingerprint density at radius 2 is 1.71 bits per heavy atom. The number of piperazine rings is 1. The molecular formula is C21H23ClN2O5S2. The molecule has 0 aliphatic carbocycles. The lowest BCUT2D eigenvalue weighted by Gasteiger charge is -2.33. The second-order valence-corrected chi connectivity index (χ2v) is 10.2. The first-order valence-corrected chi connectivity index (χ1v) is 12.6. The monoisotopic (exact) mass is 482 g/mol. The fourth-order valence-corrected chi connectivity index (χ4v) is 5.18. The zero-order chi connectivity index (χ0) is 22.6. The molecule has 2 aromatic rings. The molecule has 0 radical (unpaired) electrons. The third-order valence-corrected chi connectivity index (χ3v) is 7.94. The molecule has 1 aliphatic rings. The third-order valence-electron chi connectivity index (χ3n) is 4.97. The van der Waals surface area contributed by atoms with Crippen molar-refractivity contribution in [2.24, 2.45) is 0 Å². The van der Waals surface area contributed by atoms with E-state index in [2.05, 4.69) is 0 Å². The van der Waals surface area contributed by atoms with Gasteiger partial charge in [0.25, 0.3) is 5.91 Å². The Morgan fingerprint density at radius 3 is 2.32 bits per heavy atom. The van der Waals surface area contributed by atoms with Crippen LogP contribution in [0.2, 0.25) is 5.02 Å². The van der Waals surface area contributed by atoms with Crippen LogP contribution in [0.25, 0.3) is 0 Å². The van der Waals surface area contributed by atoms with Gasteiger partial charge in [0.2, 0.25) is 10.0 Å². The number of thioether (sulfide) groups is 1. The van der Waals surface area contributed by atoms with Crippen LogP contribution in [-0.2, 0) is 19.6 Å². The molecule has 0 saturated carbocycles. The van der Waals surface area contributed by atoms with Crippen LogP contribution in [0.4, 0.5) is 0 Å². The number of hydrogen-bond acceptors (Lipinski definition) is 6. The molecule has 10 heteroatoms. The Labute approximate surface area is 191 Å². The summed E-state index contributed by atoms with van der Waals surface area (Å²) in [7, 11) is -3.61. The molecule has 166 valence electrons. The maximum atomic E-state index is 12.8. The summed E-state index contributed by atoms with van der Waals surface area (Å²) in [6.45, 7) is 2.27. The lowest BCUT2D eigenvalue weighted by molar-refractivity contribution is -0.135. The normalized spacial score (nSPS) is 15.0. The van der Waals surface area contributed by atoms with Gasteiger partial charge in [-0.25, -0.2) is 13.2 Å². The van der Waals surface area contributed by atoms with Crippen molar-refractivity contribution in [3.05, 3.63) is 58.6 Å². The highest BCUT2D eigenvalue weighted by Crippen LogP contribution is 2.24. The predicted molar refractivity (Wildman–Crippen MR) is 120 cm³/mol. The van der Waals surface area contributed by atoms with E-state index in [1.54, 1.807) is 42.5 Å². The highest BCUT2D eigenvalue weighted by Gasteiger charge is 2.30. The Kier molecular flexibility index (Phi) is 7.64. The van der Waals surface area contributed by atoms with Gasteiger partial charge in [-0.05, 0) is 43.5 Å². The van der Waals surface area contributed by atoms with Crippen molar-refractivity contribution in [3.8, 4) is 0 Å². The molecule has 1 heterocycles. The van der Waals surface area contributed by atoms with Crippen LogP contribution in [0.3, 0.4) is 0 Å². The summed E-state index contributed by atoms with van der Waals surface area (Å²) in [5, 5.41) is 0.255. The van der Waals surface area contributed by atoms with Crippen molar-refractivity contribution >= 4 is 45.3 Å². The van der Waals surface area contributed by atoms with Gasteiger partial charge in [-0.2, -0.15) is 4.31 Å². The summed E-state index contributed by atoms with van der Waals surface area (Å²) >= 11 is 7.52. The van der Waals surface area contributed by atoms with Gasteiger partial charge in [-0.1, -0.05) is 29.3 Å². The van der Waals surface area contributed by atoms with Gasteiger partial charge in [-0.15, -0.1) is 11.8 Å². The van der Waals surface area contributed by atoms with Crippen LogP contribution in [0.1, 0.15) is 15.9 Å². The average Bonchev–Trinajstić information content (AvgIpc) is 2.78. The van der Waals surface area contributed by atoms with Crippen LogP contribution in [0, 0.1) is 6.92 Å². The van der Waals surface area contributed by atoms with E-state index < -0.39 is 22.6 Å². The molecule has 0 aromatic heterocycles. The SMILES string of the molecule is CSc1ccc(Cl)c(C(=O)OCC(=O)N2CCN(S(=O)(=O)c3ccc(C)cc3)CC2)c1. The Morgan fingerprint density at radius 1 is 1.06 bits per heavy atom. The fourth-order valence-electron chi connectivity index (χ4n) is 3.12. The largest absolute Gasteiger partial charge is 0.452 e. The van der Waals surface area contributed by atoms with E-state index in [9.17, 15) is 18.0 Å². The fraction of sp³-hybridized carbons (Fsp3) is 0.333. The summed E-state index contributed by atoms with van der Waals surface area (Å²) in [4.78, 5) is 27.3. The molecule has 0 bridgehead atoms. The summed E-state index contributed by atoms with van der Waals surface area (Å²) < 4.78 is 32.0. The minimum Gasteiger partial charge on any atom is -0.452 e. The number of carbonyl (C=O) groups is 2. The van der Waals surface area contributed by atoms with Crippen molar-refractivity contribution < 1.29 is 22.7 Å². The first-order valence-electron chi connectivity index (χ1n) is 9.57. The molecule has 0 atom stereocenters. The molecule has 1 saturated heterocycles. The number of esters is 1. The van der Waals surface area contributed by atoms with E-state index in [0.717, 1.165) is 10.5 Å².